The lowest BCUT2D eigenvalue weighted by Crippen LogP contribution is -2.03. The minimum atomic E-state index is 0.0456. The van der Waals surface area contributed by atoms with E-state index >= 15 is 0 Å². The summed E-state index contributed by atoms with van der Waals surface area (Å²) >= 11 is 1.79. The average molecular weight is 314 g/mol. The Morgan fingerprint density at radius 2 is 1.95 bits per heavy atom. The predicted octanol–water partition coefficient (Wildman–Crippen LogP) is 5.30. The van der Waals surface area contributed by atoms with Crippen molar-refractivity contribution in [1.82, 2.24) is 0 Å². The third kappa shape index (κ3) is 4.05. The quantitative estimate of drug-likeness (QED) is 0.746. The maximum absolute atomic E-state index is 6.07. The Labute approximate surface area is 136 Å². The second-order valence-electron chi connectivity index (χ2n) is 5.87. The van der Waals surface area contributed by atoms with Gasteiger partial charge in [-0.15, -0.1) is 0 Å². The van der Waals surface area contributed by atoms with Gasteiger partial charge in [-0.1, -0.05) is 55.1 Å². The zero-order chi connectivity index (χ0) is 15.4. The van der Waals surface area contributed by atoms with E-state index in [0.29, 0.717) is 5.92 Å². The monoisotopic (exact) mass is 314 g/mol. The Morgan fingerprint density at radius 3 is 2.68 bits per heavy atom. The SMILES string of the molecule is CC(Oc1cccc(SC2C[C@@H](C)CO2)c1)c1ccccc1. The molecule has 0 aliphatic carbocycles. The van der Waals surface area contributed by atoms with Crippen molar-refractivity contribution in [3.05, 3.63) is 60.2 Å². The van der Waals surface area contributed by atoms with Crippen LogP contribution in [0.3, 0.4) is 0 Å². The highest BCUT2D eigenvalue weighted by Gasteiger charge is 2.22. The molecule has 3 rings (SSSR count). The standard InChI is InChI=1S/C19H22O2S/c1-14-11-19(20-13-14)22-18-10-6-9-17(12-18)21-15(2)16-7-4-3-5-8-16/h3-10,12,14-15,19H,11,13H2,1-2H3/t14-,15?,19?/m1/s1. The van der Waals surface area contributed by atoms with Crippen molar-refractivity contribution in [2.45, 2.75) is 36.7 Å². The summed E-state index contributed by atoms with van der Waals surface area (Å²) < 4.78 is 11.9. The number of ether oxygens (including phenoxy) is 2. The van der Waals surface area contributed by atoms with Crippen molar-refractivity contribution in [3.63, 3.8) is 0 Å². The Morgan fingerprint density at radius 1 is 1.14 bits per heavy atom. The molecule has 1 aliphatic heterocycles. The highest BCUT2D eigenvalue weighted by Crippen LogP contribution is 2.35. The van der Waals surface area contributed by atoms with Crippen molar-refractivity contribution in [3.8, 4) is 5.75 Å². The van der Waals surface area contributed by atoms with Gasteiger partial charge in [-0.25, -0.2) is 0 Å². The molecule has 2 aromatic carbocycles. The highest BCUT2D eigenvalue weighted by atomic mass is 32.2. The number of rotatable bonds is 5. The van der Waals surface area contributed by atoms with Crippen LogP contribution in [0.4, 0.5) is 0 Å². The van der Waals surface area contributed by atoms with Crippen molar-refractivity contribution in [2.75, 3.05) is 6.61 Å². The molecule has 0 aromatic heterocycles. The molecule has 2 nitrogen and oxygen atoms in total. The molecule has 0 saturated carbocycles. The molecule has 3 atom stereocenters. The van der Waals surface area contributed by atoms with Gasteiger partial charge in [-0.2, -0.15) is 0 Å². The molecule has 2 unspecified atom stereocenters. The fourth-order valence-corrected chi connectivity index (χ4v) is 3.80. The maximum atomic E-state index is 6.07. The molecule has 1 heterocycles. The maximum Gasteiger partial charge on any atom is 0.121 e. The Hall–Kier alpha value is -1.45. The molecule has 1 fully saturated rings. The molecular formula is C19H22O2S. The molecule has 1 aliphatic rings. The first-order chi connectivity index (χ1) is 10.7. The smallest absolute Gasteiger partial charge is 0.121 e. The van der Waals surface area contributed by atoms with E-state index in [1.54, 1.807) is 11.8 Å². The van der Waals surface area contributed by atoms with E-state index in [9.17, 15) is 0 Å². The lowest BCUT2D eigenvalue weighted by molar-refractivity contribution is 0.166. The molecule has 0 spiro atoms. The molecule has 0 radical (unpaired) electrons. The third-order valence-corrected chi connectivity index (χ3v) is 4.93. The Balaban J connectivity index is 1.63. The van der Waals surface area contributed by atoms with Crippen molar-refractivity contribution < 1.29 is 9.47 Å². The van der Waals surface area contributed by atoms with Gasteiger partial charge in [0.05, 0.1) is 6.61 Å². The number of thioether (sulfide) groups is 1. The number of benzene rings is 2. The highest BCUT2D eigenvalue weighted by molar-refractivity contribution is 7.99. The van der Waals surface area contributed by atoms with Crippen molar-refractivity contribution in [2.24, 2.45) is 5.92 Å². The van der Waals surface area contributed by atoms with E-state index in [4.69, 9.17) is 9.47 Å². The summed E-state index contributed by atoms with van der Waals surface area (Å²) in [5, 5.41) is 0. The van der Waals surface area contributed by atoms with E-state index in [0.717, 1.165) is 18.8 Å². The molecule has 0 amide bonds. The summed E-state index contributed by atoms with van der Waals surface area (Å²) in [4.78, 5) is 1.21. The van der Waals surface area contributed by atoms with Crippen LogP contribution in [0.2, 0.25) is 0 Å². The fraction of sp³-hybridized carbons (Fsp3) is 0.368. The number of hydrogen-bond acceptors (Lipinski definition) is 3. The first-order valence-corrected chi connectivity index (χ1v) is 8.68. The van der Waals surface area contributed by atoms with Crippen molar-refractivity contribution in [1.29, 1.82) is 0 Å². The summed E-state index contributed by atoms with van der Waals surface area (Å²) in [5.41, 5.74) is 1.46. The summed E-state index contributed by atoms with van der Waals surface area (Å²) in [7, 11) is 0. The largest absolute Gasteiger partial charge is 0.486 e. The van der Waals surface area contributed by atoms with Crippen LogP contribution < -0.4 is 4.74 Å². The second kappa shape index (κ2) is 7.21. The average Bonchev–Trinajstić information content (AvgIpc) is 2.93. The van der Waals surface area contributed by atoms with Crippen LogP contribution in [0.1, 0.15) is 31.9 Å². The molecule has 0 bridgehead atoms. The van der Waals surface area contributed by atoms with E-state index < -0.39 is 0 Å². The van der Waals surface area contributed by atoms with Crippen LogP contribution in [-0.2, 0) is 4.74 Å². The van der Waals surface area contributed by atoms with E-state index in [1.807, 2.05) is 30.3 Å². The molecule has 116 valence electrons. The predicted molar refractivity (Wildman–Crippen MR) is 91.3 cm³/mol. The lowest BCUT2D eigenvalue weighted by atomic mass is 10.1. The Kier molecular flexibility index (Phi) is 5.06. The lowest BCUT2D eigenvalue weighted by Gasteiger charge is -2.16. The van der Waals surface area contributed by atoms with Gasteiger partial charge in [0.2, 0.25) is 0 Å². The van der Waals surface area contributed by atoms with Gasteiger partial charge in [0.15, 0.2) is 0 Å². The van der Waals surface area contributed by atoms with Crippen LogP contribution in [0.25, 0.3) is 0 Å². The molecule has 22 heavy (non-hydrogen) atoms. The van der Waals surface area contributed by atoms with Crippen LogP contribution in [0.15, 0.2) is 59.5 Å². The van der Waals surface area contributed by atoms with Crippen molar-refractivity contribution >= 4 is 11.8 Å². The summed E-state index contributed by atoms with van der Waals surface area (Å²) in [6, 6.07) is 18.6. The zero-order valence-corrected chi connectivity index (χ0v) is 13.9. The Bertz CT molecular complexity index is 599. The van der Waals surface area contributed by atoms with E-state index in [2.05, 4.69) is 38.1 Å². The first kappa shape index (κ1) is 15.4. The zero-order valence-electron chi connectivity index (χ0n) is 13.1. The molecule has 3 heteroatoms. The minimum Gasteiger partial charge on any atom is -0.486 e. The normalized spacial score (nSPS) is 22.5. The molecule has 2 aromatic rings. The second-order valence-corrected chi connectivity index (χ2v) is 7.10. The van der Waals surface area contributed by atoms with E-state index in [-0.39, 0.29) is 11.5 Å². The van der Waals surface area contributed by atoms with Gasteiger partial charge in [0, 0.05) is 4.90 Å². The number of hydrogen-bond donors (Lipinski definition) is 0. The van der Waals surface area contributed by atoms with Gasteiger partial charge in [0.1, 0.15) is 17.3 Å². The fourth-order valence-electron chi connectivity index (χ4n) is 2.59. The van der Waals surface area contributed by atoms with Gasteiger partial charge in [-0.3, -0.25) is 0 Å². The molecule has 1 saturated heterocycles. The summed E-state index contributed by atoms with van der Waals surface area (Å²) in [5.74, 6) is 1.57. The third-order valence-electron chi connectivity index (χ3n) is 3.82. The van der Waals surface area contributed by atoms with Crippen LogP contribution >= 0.6 is 11.8 Å². The first-order valence-electron chi connectivity index (χ1n) is 7.80. The van der Waals surface area contributed by atoms with Crippen LogP contribution in [-0.4, -0.2) is 12.0 Å². The van der Waals surface area contributed by atoms with Crippen LogP contribution in [0.5, 0.6) is 5.75 Å². The van der Waals surface area contributed by atoms with E-state index in [1.165, 1.54) is 10.5 Å². The van der Waals surface area contributed by atoms with Crippen LogP contribution in [0, 0.1) is 5.92 Å². The van der Waals surface area contributed by atoms with Gasteiger partial charge < -0.3 is 9.47 Å². The van der Waals surface area contributed by atoms with Gasteiger partial charge in [-0.05, 0) is 43.0 Å². The minimum absolute atomic E-state index is 0.0456. The molecule has 0 N–H and O–H groups in total. The summed E-state index contributed by atoms with van der Waals surface area (Å²) in [6.07, 6.45) is 1.17. The summed E-state index contributed by atoms with van der Waals surface area (Å²) in [6.45, 7) is 5.19. The molecular weight excluding hydrogens is 292 g/mol. The topological polar surface area (TPSA) is 18.5 Å². The van der Waals surface area contributed by atoms with Gasteiger partial charge in [0.25, 0.3) is 0 Å². The van der Waals surface area contributed by atoms with Gasteiger partial charge >= 0.3 is 0 Å².